The van der Waals surface area contributed by atoms with Crippen molar-refractivity contribution in [3.05, 3.63) is 0 Å². The van der Waals surface area contributed by atoms with Gasteiger partial charge >= 0.3 is 0 Å². The third kappa shape index (κ3) is 3.84. The molecule has 0 aromatic carbocycles. The van der Waals surface area contributed by atoms with E-state index in [0.29, 0.717) is 5.91 Å². The molecule has 0 radical (unpaired) electrons. The van der Waals surface area contributed by atoms with Gasteiger partial charge in [0.25, 0.3) is 0 Å². The maximum absolute atomic E-state index is 11.8. The third-order valence-electron chi connectivity index (χ3n) is 3.35. The van der Waals surface area contributed by atoms with Crippen LogP contribution in [0.25, 0.3) is 0 Å². The van der Waals surface area contributed by atoms with Crippen LogP contribution in [0.4, 0.5) is 0 Å². The smallest absolute Gasteiger partial charge is 0.225 e. The lowest BCUT2D eigenvalue weighted by atomic mass is 9.96. The monoisotopic (exact) mass is 211 g/mol. The number of hydrogen-bond donors (Lipinski definition) is 0. The van der Waals surface area contributed by atoms with Crippen molar-refractivity contribution in [1.29, 1.82) is 0 Å². The molecule has 1 aliphatic heterocycles. The number of likely N-dealkylation sites (tertiary alicyclic amines) is 1. The maximum Gasteiger partial charge on any atom is 0.225 e. The van der Waals surface area contributed by atoms with E-state index >= 15 is 0 Å². The quantitative estimate of drug-likeness (QED) is 0.702. The Morgan fingerprint density at radius 1 is 1.33 bits per heavy atom. The summed E-state index contributed by atoms with van der Waals surface area (Å²) in [6.45, 7) is 8.22. The zero-order chi connectivity index (χ0) is 11.3. The molecule has 2 nitrogen and oxygen atoms in total. The zero-order valence-corrected chi connectivity index (χ0v) is 10.5. The third-order valence-corrected chi connectivity index (χ3v) is 3.35. The number of carbonyl (C=O) groups excluding carboxylic acids is 1. The normalized spacial score (nSPS) is 22.9. The number of nitrogens with zero attached hydrogens (tertiary/aromatic N) is 1. The molecule has 0 bridgehead atoms. The molecule has 1 aliphatic rings. The van der Waals surface area contributed by atoms with E-state index in [9.17, 15) is 4.79 Å². The molecule has 1 atom stereocenters. The van der Waals surface area contributed by atoms with E-state index in [1.54, 1.807) is 0 Å². The lowest BCUT2D eigenvalue weighted by Crippen LogP contribution is -2.35. The summed E-state index contributed by atoms with van der Waals surface area (Å²) in [7, 11) is 0. The van der Waals surface area contributed by atoms with Crippen LogP contribution < -0.4 is 0 Å². The van der Waals surface area contributed by atoms with Gasteiger partial charge in [-0.25, -0.2) is 0 Å². The highest BCUT2D eigenvalue weighted by molar-refractivity contribution is 5.78. The number of hydrogen-bond acceptors (Lipinski definition) is 1. The minimum Gasteiger partial charge on any atom is -0.342 e. The van der Waals surface area contributed by atoms with Crippen molar-refractivity contribution in [3.8, 4) is 0 Å². The minimum atomic E-state index is 0.160. The summed E-state index contributed by atoms with van der Waals surface area (Å²) in [5, 5.41) is 0. The highest BCUT2D eigenvalue weighted by Crippen LogP contribution is 2.22. The molecule has 1 heterocycles. The van der Waals surface area contributed by atoms with Crippen LogP contribution in [0, 0.1) is 11.8 Å². The highest BCUT2D eigenvalue weighted by atomic mass is 16.2. The van der Waals surface area contributed by atoms with E-state index in [0.717, 1.165) is 19.0 Å². The van der Waals surface area contributed by atoms with Crippen LogP contribution in [-0.4, -0.2) is 23.9 Å². The second-order valence-electron chi connectivity index (χ2n) is 5.07. The molecular weight excluding hydrogens is 186 g/mol. The van der Waals surface area contributed by atoms with Crippen molar-refractivity contribution in [1.82, 2.24) is 4.90 Å². The number of rotatable bonds is 3. The summed E-state index contributed by atoms with van der Waals surface area (Å²) in [5.41, 5.74) is 0. The van der Waals surface area contributed by atoms with E-state index in [4.69, 9.17) is 0 Å². The summed E-state index contributed by atoms with van der Waals surface area (Å²) < 4.78 is 0. The lowest BCUT2D eigenvalue weighted by molar-refractivity contribution is -0.134. The average Bonchev–Trinajstić information content (AvgIpc) is 2.43. The fraction of sp³-hybridized carbons (Fsp3) is 0.923. The van der Waals surface area contributed by atoms with Gasteiger partial charge in [0.05, 0.1) is 0 Å². The van der Waals surface area contributed by atoms with Crippen molar-refractivity contribution in [2.75, 3.05) is 13.1 Å². The minimum absolute atomic E-state index is 0.160. The molecule has 0 spiro atoms. The first-order chi connectivity index (χ1) is 7.15. The van der Waals surface area contributed by atoms with Gasteiger partial charge in [-0.3, -0.25) is 4.79 Å². The first-order valence-electron chi connectivity index (χ1n) is 6.44. The Hall–Kier alpha value is -0.530. The van der Waals surface area contributed by atoms with Crippen LogP contribution in [0.1, 0.15) is 52.9 Å². The lowest BCUT2D eigenvalue weighted by Gasteiger charge is -2.22. The van der Waals surface area contributed by atoms with Crippen LogP contribution in [0.5, 0.6) is 0 Å². The van der Waals surface area contributed by atoms with E-state index < -0.39 is 0 Å². The molecule has 2 heteroatoms. The molecule has 88 valence electrons. The van der Waals surface area contributed by atoms with E-state index in [1.807, 2.05) is 13.8 Å². The fourth-order valence-corrected chi connectivity index (χ4v) is 2.45. The van der Waals surface area contributed by atoms with Crippen molar-refractivity contribution in [3.63, 3.8) is 0 Å². The van der Waals surface area contributed by atoms with Crippen LogP contribution in [0.3, 0.4) is 0 Å². The van der Waals surface area contributed by atoms with Crippen molar-refractivity contribution in [2.24, 2.45) is 11.8 Å². The van der Waals surface area contributed by atoms with Gasteiger partial charge in [0.1, 0.15) is 0 Å². The second kappa shape index (κ2) is 6.14. The first kappa shape index (κ1) is 12.5. The molecule has 1 fully saturated rings. The molecule has 1 unspecified atom stereocenters. The van der Waals surface area contributed by atoms with Crippen molar-refractivity contribution >= 4 is 5.91 Å². The highest BCUT2D eigenvalue weighted by Gasteiger charge is 2.21. The molecule has 0 aromatic heterocycles. The van der Waals surface area contributed by atoms with Crippen LogP contribution in [0.2, 0.25) is 0 Å². The van der Waals surface area contributed by atoms with Gasteiger partial charge in [0.2, 0.25) is 5.91 Å². The molecular formula is C13H25NO. The average molecular weight is 211 g/mol. The van der Waals surface area contributed by atoms with Gasteiger partial charge in [-0.2, -0.15) is 0 Å². The fourth-order valence-electron chi connectivity index (χ4n) is 2.45. The summed E-state index contributed by atoms with van der Waals surface area (Å²) >= 11 is 0. The van der Waals surface area contributed by atoms with Gasteiger partial charge < -0.3 is 4.90 Å². The molecule has 0 aliphatic carbocycles. The molecule has 1 rings (SSSR count). The summed E-state index contributed by atoms with van der Waals surface area (Å²) in [5.74, 6) is 1.36. The Morgan fingerprint density at radius 3 is 2.67 bits per heavy atom. The second-order valence-corrected chi connectivity index (χ2v) is 5.07. The van der Waals surface area contributed by atoms with E-state index in [-0.39, 0.29) is 5.92 Å². The summed E-state index contributed by atoms with van der Waals surface area (Å²) in [6, 6.07) is 0. The van der Waals surface area contributed by atoms with E-state index in [2.05, 4.69) is 11.8 Å². The van der Waals surface area contributed by atoms with Gasteiger partial charge in [-0.05, 0) is 25.2 Å². The molecule has 15 heavy (non-hydrogen) atoms. The summed E-state index contributed by atoms with van der Waals surface area (Å²) in [4.78, 5) is 13.9. The van der Waals surface area contributed by atoms with Crippen molar-refractivity contribution in [2.45, 2.75) is 52.9 Å². The Labute approximate surface area is 94.0 Å². The SMILES string of the molecule is CCCC1CCCN(C(=O)C(C)C)CC1. The maximum atomic E-state index is 11.8. The zero-order valence-electron chi connectivity index (χ0n) is 10.5. The Balaban J connectivity index is 2.42. The number of amides is 1. The van der Waals surface area contributed by atoms with E-state index in [1.165, 1.54) is 32.1 Å². The molecule has 0 saturated carbocycles. The largest absolute Gasteiger partial charge is 0.342 e. The van der Waals surface area contributed by atoms with Crippen LogP contribution in [0.15, 0.2) is 0 Å². The Bertz CT molecular complexity index is 201. The predicted octanol–water partition coefficient (Wildman–Crippen LogP) is 3.07. The first-order valence-corrected chi connectivity index (χ1v) is 6.44. The Morgan fingerprint density at radius 2 is 2.07 bits per heavy atom. The van der Waals surface area contributed by atoms with Gasteiger partial charge in [-0.1, -0.05) is 33.6 Å². The van der Waals surface area contributed by atoms with Crippen molar-refractivity contribution < 1.29 is 4.79 Å². The standard InChI is InChI=1S/C13H25NO/c1-4-6-12-7-5-9-14(10-8-12)13(15)11(2)3/h11-12H,4-10H2,1-3H3. The molecule has 1 amide bonds. The van der Waals surface area contributed by atoms with Crippen LogP contribution in [-0.2, 0) is 4.79 Å². The topological polar surface area (TPSA) is 20.3 Å². The molecule has 0 N–H and O–H groups in total. The predicted molar refractivity (Wildman–Crippen MR) is 63.7 cm³/mol. The molecule has 1 saturated heterocycles. The molecule has 0 aromatic rings. The van der Waals surface area contributed by atoms with Gasteiger partial charge in [0.15, 0.2) is 0 Å². The van der Waals surface area contributed by atoms with Crippen LogP contribution >= 0.6 is 0 Å². The van der Waals surface area contributed by atoms with Gasteiger partial charge in [0, 0.05) is 19.0 Å². The Kier molecular flexibility index (Phi) is 5.13. The van der Waals surface area contributed by atoms with Gasteiger partial charge in [-0.15, -0.1) is 0 Å². The summed E-state index contributed by atoms with van der Waals surface area (Å²) in [6.07, 6.45) is 6.34. The number of carbonyl (C=O) groups is 1.